The lowest BCUT2D eigenvalue weighted by atomic mass is 10.0. The third-order valence-corrected chi connectivity index (χ3v) is 3.03. The molecule has 0 bridgehead atoms. The Balaban J connectivity index is 1.63. The quantitative estimate of drug-likeness (QED) is 0.745. The van der Waals surface area contributed by atoms with E-state index in [0.29, 0.717) is 24.7 Å². The zero-order valence-electron chi connectivity index (χ0n) is 10.1. The van der Waals surface area contributed by atoms with E-state index in [2.05, 4.69) is 20.7 Å². The van der Waals surface area contributed by atoms with Crippen LogP contribution < -0.4 is 10.6 Å². The molecule has 0 aliphatic carbocycles. The molecule has 1 aliphatic heterocycles. The monoisotopic (exact) mass is 237 g/mol. The van der Waals surface area contributed by atoms with Gasteiger partial charge in [0.05, 0.1) is 6.54 Å². The maximum Gasteiger partial charge on any atom is 0.220 e. The van der Waals surface area contributed by atoms with Crippen molar-refractivity contribution >= 4 is 5.91 Å². The molecule has 1 unspecified atom stereocenters. The van der Waals surface area contributed by atoms with Crippen LogP contribution in [-0.4, -0.2) is 33.8 Å². The largest absolute Gasteiger partial charge is 0.349 e. The van der Waals surface area contributed by atoms with Crippen molar-refractivity contribution in [2.24, 2.45) is 13.0 Å². The van der Waals surface area contributed by atoms with Gasteiger partial charge in [-0.3, -0.25) is 9.48 Å². The lowest BCUT2D eigenvalue weighted by Gasteiger charge is -2.07. The fourth-order valence-corrected chi connectivity index (χ4v) is 2.03. The molecule has 1 aliphatic rings. The highest BCUT2D eigenvalue weighted by atomic mass is 16.1. The first-order valence-corrected chi connectivity index (χ1v) is 6.06. The van der Waals surface area contributed by atoms with Gasteiger partial charge in [0.2, 0.25) is 5.91 Å². The Morgan fingerprint density at radius 2 is 2.59 bits per heavy atom. The number of nitrogens with one attached hydrogen (secondary N) is 2. The van der Waals surface area contributed by atoms with Crippen LogP contribution in [0.25, 0.3) is 0 Å². The number of carbonyl (C=O) groups is 1. The summed E-state index contributed by atoms with van der Waals surface area (Å²) >= 11 is 0. The standard InChI is InChI=1S/C11H19N5O/c1-16-8-14-10(15-16)7-13-11(17)3-2-9-4-5-12-6-9/h8-9,12H,2-7H2,1H3,(H,13,17). The van der Waals surface area contributed by atoms with Crippen LogP contribution in [0, 0.1) is 5.92 Å². The number of nitrogens with zero attached hydrogens (tertiary/aromatic N) is 3. The van der Waals surface area contributed by atoms with Crippen LogP contribution in [0.15, 0.2) is 6.33 Å². The second-order valence-corrected chi connectivity index (χ2v) is 4.51. The van der Waals surface area contributed by atoms with Gasteiger partial charge in [-0.25, -0.2) is 4.98 Å². The van der Waals surface area contributed by atoms with E-state index in [-0.39, 0.29) is 5.91 Å². The van der Waals surface area contributed by atoms with Crippen LogP contribution in [0.1, 0.15) is 25.1 Å². The van der Waals surface area contributed by atoms with E-state index in [1.54, 1.807) is 11.0 Å². The van der Waals surface area contributed by atoms with Gasteiger partial charge < -0.3 is 10.6 Å². The Labute approximate surface area is 101 Å². The van der Waals surface area contributed by atoms with Crippen molar-refractivity contribution in [3.05, 3.63) is 12.2 Å². The number of aryl methyl sites for hydroxylation is 1. The summed E-state index contributed by atoms with van der Waals surface area (Å²) in [5.74, 6) is 1.40. The average Bonchev–Trinajstić information content (AvgIpc) is 2.95. The molecule has 0 saturated carbocycles. The highest BCUT2D eigenvalue weighted by molar-refractivity contribution is 5.75. The molecular weight excluding hydrogens is 218 g/mol. The zero-order chi connectivity index (χ0) is 12.1. The minimum absolute atomic E-state index is 0.0874. The molecule has 1 aromatic rings. The maximum atomic E-state index is 11.6. The third kappa shape index (κ3) is 3.81. The molecule has 1 amide bonds. The van der Waals surface area contributed by atoms with Gasteiger partial charge in [-0.1, -0.05) is 0 Å². The molecule has 1 aromatic heterocycles. The minimum Gasteiger partial charge on any atom is -0.349 e. The Kier molecular flexibility index (Phi) is 4.08. The van der Waals surface area contributed by atoms with E-state index in [9.17, 15) is 4.79 Å². The second-order valence-electron chi connectivity index (χ2n) is 4.51. The first kappa shape index (κ1) is 12.0. The summed E-state index contributed by atoms with van der Waals surface area (Å²) in [6.07, 6.45) is 4.38. The van der Waals surface area contributed by atoms with Gasteiger partial charge in [-0.05, 0) is 31.8 Å². The average molecular weight is 237 g/mol. The number of amides is 1. The van der Waals surface area contributed by atoms with Gasteiger partial charge in [0.15, 0.2) is 5.82 Å². The molecule has 2 heterocycles. The Morgan fingerprint density at radius 3 is 3.24 bits per heavy atom. The summed E-state index contributed by atoms with van der Waals surface area (Å²) in [6.45, 7) is 2.56. The summed E-state index contributed by atoms with van der Waals surface area (Å²) in [7, 11) is 1.81. The molecular formula is C11H19N5O. The molecule has 17 heavy (non-hydrogen) atoms. The predicted octanol–water partition coefficient (Wildman–Crippen LogP) is -0.179. The Morgan fingerprint density at radius 1 is 1.71 bits per heavy atom. The van der Waals surface area contributed by atoms with Crippen molar-refractivity contribution < 1.29 is 4.79 Å². The van der Waals surface area contributed by atoms with Crippen molar-refractivity contribution in [3.63, 3.8) is 0 Å². The lowest BCUT2D eigenvalue weighted by molar-refractivity contribution is -0.121. The van der Waals surface area contributed by atoms with Gasteiger partial charge in [-0.15, -0.1) is 0 Å². The summed E-state index contributed by atoms with van der Waals surface area (Å²) in [5.41, 5.74) is 0. The van der Waals surface area contributed by atoms with Gasteiger partial charge in [-0.2, -0.15) is 5.10 Å². The number of hydrogen-bond acceptors (Lipinski definition) is 4. The normalized spacial score (nSPS) is 19.5. The topological polar surface area (TPSA) is 71.8 Å². The fourth-order valence-electron chi connectivity index (χ4n) is 2.03. The van der Waals surface area contributed by atoms with Crippen LogP contribution in [0.2, 0.25) is 0 Å². The van der Waals surface area contributed by atoms with Crippen LogP contribution in [0.5, 0.6) is 0 Å². The Bertz CT molecular complexity index is 370. The van der Waals surface area contributed by atoms with Crippen molar-refractivity contribution in [1.29, 1.82) is 0 Å². The van der Waals surface area contributed by atoms with Gasteiger partial charge in [0, 0.05) is 13.5 Å². The maximum absolute atomic E-state index is 11.6. The predicted molar refractivity (Wildman–Crippen MR) is 63.1 cm³/mol. The van der Waals surface area contributed by atoms with Gasteiger partial charge in [0.1, 0.15) is 6.33 Å². The smallest absolute Gasteiger partial charge is 0.220 e. The molecule has 0 radical (unpaired) electrons. The molecule has 6 nitrogen and oxygen atoms in total. The number of hydrogen-bond donors (Lipinski definition) is 2. The van der Waals surface area contributed by atoms with Crippen molar-refractivity contribution in [2.75, 3.05) is 13.1 Å². The molecule has 1 atom stereocenters. The van der Waals surface area contributed by atoms with E-state index in [0.717, 1.165) is 19.5 Å². The molecule has 0 aromatic carbocycles. The summed E-state index contributed by atoms with van der Waals surface area (Å²) in [4.78, 5) is 15.6. The molecule has 94 valence electrons. The third-order valence-electron chi connectivity index (χ3n) is 3.03. The lowest BCUT2D eigenvalue weighted by Crippen LogP contribution is -2.24. The first-order chi connectivity index (χ1) is 8.24. The summed E-state index contributed by atoms with van der Waals surface area (Å²) in [6, 6.07) is 0. The van der Waals surface area contributed by atoms with E-state index in [4.69, 9.17) is 0 Å². The van der Waals surface area contributed by atoms with E-state index in [1.807, 2.05) is 7.05 Å². The second kappa shape index (κ2) is 5.77. The molecule has 0 spiro atoms. The molecule has 1 fully saturated rings. The van der Waals surface area contributed by atoms with Crippen LogP contribution >= 0.6 is 0 Å². The van der Waals surface area contributed by atoms with E-state index < -0.39 is 0 Å². The summed E-state index contributed by atoms with van der Waals surface area (Å²) in [5, 5.41) is 10.2. The highest BCUT2D eigenvalue weighted by Crippen LogP contribution is 2.13. The zero-order valence-corrected chi connectivity index (χ0v) is 10.1. The van der Waals surface area contributed by atoms with Crippen LogP contribution in [0.4, 0.5) is 0 Å². The number of rotatable bonds is 5. The van der Waals surface area contributed by atoms with Crippen molar-refractivity contribution in [1.82, 2.24) is 25.4 Å². The summed E-state index contributed by atoms with van der Waals surface area (Å²) < 4.78 is 1.63. The number of carbonyl (C=O) groups excluding carboxylic acids is 1. The van der Waals surface area contributed by atoms with Crippen LogP contribution in [-0.2, 0) is 18.4 Å². The highest BCUT2D eigenvalue weighted by Gasteiger charge is 2.15. The van der Waals surface area contributed by atoms with Gasteiger partial charge >= 0.3 is 0 Å². The number of aromatic nitrogens is 3. The van der Waals surface area contributed by atoms with Crippen molar-refractivity contribution in [2.45, 2.75) is 25.8 Å². The molecule has 1 saturated heterocycles. The molecule has 2 rings (SSSR count). The van der Waals surface area contributed by atoms with Gasteiger partial charge in [0.25, 0.3) is 0 Å². The first-order valence-electron chi connectivity index (χ1n) is 6.06. The molecule has 2 N–H and O–H groups in total. The minimum atomic E-state index is 0.0874. The van der Waals surface area contributed by atoms with Crippen LogP contribution in [0.3, 0.4) is 0 Å². The Hall–Kier alpha value is -1.43. The van der Waals surface area contributed by atoms with Crippen molar-refractivity contribution in [3.8, 4) is 0 Å². The fraction of sp³-hybridized carbons (Fsp3) is 0.727. The SMILES string of the molecule is Cn1cnc(CNC(=O)CCC2CCNC2)n1. The van der Waals surface area contributed by atoms with E-state index >= 15 is 0 Å². The van der Waals surface area contributed by atoms with E-state index in [1.165, 1.54) is 6.42 Å². The molecule has 6 heteroatoms.